The molecule has 1 aliphatic carbocycles. The van der Waals surface area contributed by atoms with Crippen LogP contribution in [0.5, 0.6) is 0 Å². The summed E-state index contributed by atoms with van der Waals surface area (Å²) in [7, 11) is 1.62. The number of aromatic amines is 1. The highest BCUT2D eigenvalue weighted by atomic mass is 16.5. The van der Waals surface area contributed by atoms with Crippen molar-refractivity contribution in [3.63, 3.8) is 0 Å². The first kappa shape index (κ1) is 10.9. The summed E-state index contributed by atoms with van der Waals surface area (Å²) in [5.41, 5.74) is 4.78. The highest BCUT2D eigenvalue weighted by Crippen LogP contribution is 2.31. The molecule has 0 radical (unpaired) electrons. The van der Waals surface area contributed by atoms with Gasteiger partial charge in [0.1, 0.15) is 5.82 Å². The SMILES string of the molecule is COC1CCCC1n1c(N)cc(=O)[nH]c1=O. The molecular weight excluding hydrogens is 210 g/mol. The van der Waals surface area contributed by atoms with Crippen LogP contribution in [0.25, 0.3) is 0 Å². The van der Waals surface area contributed by atoms with Gasteiger partial charge in [-0.25, -0.2) is 4.79 Å². The summed E-state index contributed by atoms with van der Waals surface area (Å²) >= 11 is 0. The van der Waals surface area contributed by atoms with E-state index in [0.29, 0.717) is 0 Å². The zero-order chi connectivity index (χ0) is 11.7. The average molecular weight is 225 g/mol. The number of ether oxygens (including phenoxy) is 1. The monoisotopic (exact) mass is 225 g/mol. The Hall–Kier alpha value is -1.56. The minimum atomic E-state index is -0.467. The van der Waals surface area contributed by atoms with E-state index >= 15 is 0 Å². The zero-order valence-corrected chi connectivity index (χ0v) is 9.10. The molecular formula is C10H15N3O3. The summed E-state index contributed by atoms with van der Waals surface area (Å²) in [5.74, 6) is 0.197. The summed E-state index contributed by atoms with van der Waals surface area (Å²) in [6.07, 6.45) is 2.74. The van der Waals surface area contributed by atoms with Gasteiger partial charge >= 0.3 is 5.69 Å². The van der Waals surface area contributed by atoms with Crippen LogP contribution in [0.3, 0.4) is 0 Å². The van der Waals surface area contributed by atoms with Gasteiger partial charge in [0.25, 0.3) is 5.56 Å². The highest BCUT2D eigenvalue weighted by Gasteiger charge is 2.30. The Morgan fingerprint density at radius 3 is 2.88 bits per heavy atom. The van der Waals surface area contributed by atoms with E-state index < -0.39 is 11.2 Å². The second kappa shape index (κ2) is 4.13. The number of hydrogen-bond donors (Lipinski definition) is 2. The maximum atomic E-state index is 11.7. The van der Waals surface area contributed by atoms with Crippen molar-refractivity contribution in [1.29, 1.82) is 0 Å². The van der Waals surface area contributed by atoms with Crippen molar-refractivity contribution in [2.75, 3.05) is 12.8 Å². The number of aromatic nitrogens is 2. The first-order valence-corrected chi connectivity index (χ1v) is 5.27. The average Bonchev–Trinajstić information content (AvgIpc) is 2.64. The summed E-state index contributed by atoms with van der Waals surface area (Å²) in [4.78, 5) is 24.9. The van der Waals surface area contributed by atoms with Crippen molar-refractivity contribution in [3.8, 4) is 0 Å². The molecule has 0 saturated heterocycles. The molecule has 6 heteroatoms. The predicted molar refractivity (Wildman–Crippen MR) is 59.4 cm³/mol. The number of methoxy groups -OCH3 is 1. The van der Waals surface area contributed by atoms with Crippen molar-refractivity contribution < 1.29 is 4.74 Å². The lowest BCUT2D eigenvalue weighted by Gasteiger charge is -2.21. The van der Waals surface area contributed by atoms with Crippen LogP contribution in [-0.4, -0.2) is 22.8 Å². The molecule has 88 valence electrons. The van der Waals surface area contributed by atoms with Gasteiger partial charge in [0.05, 0.1) is 12.1 Å². The minimum absolute atomic E-state index is 0.00842. The third-order valence-electron chi connectivity index (χ3n) is 3.06. The van der Waals surface area contributed by atoms with E-state index in [1.54, 1.807) is 7.11 Å². The Morgan fingerprint density at radius 2 is 2.25 bits per heavy atom. The third kappa shape index (κ3) is 1.76. The van der Waals surface area contributed by atoms with Crippen LogP contribution in [0.15, 0.2) is 15.7 Å². The molecule has 1 aliphatic rings. The molecule has 0 aromatic carbocycles. The molecule has 2 unspecified atom stereocenters. The van der Waals surface area contributed by atoms with Crippen LogP contribution in [0.4, 0.5) is 5.82 Å². The molecule has 2 atom stereocenters. The van der Waals surface area contributed by atoms with Crippen molar-refractivity contribution in [1.82, 2.24) is 9.55 Å². The molecule has 2 rings (SSSR count). The van der Waals surface area contributed by atoms with Crippen molar-refractivity contribution >= 4 is 5.82 Å². The fraction of sp³-hybridized carbons (Fsp3) is 0.600. The molecule has 1 fully saturated rings. The number of H-pyrrole nitrogens is 1. The normalized spacial score (nSPS) is 24.8. The Bertz CT molecular complexity index is 491. The van der Waals surface area contributed by atoms with Crippen LogP contribution in [0.1, 0.15) is 25.3 Å². The van der Waals surface area contributed by atoms with Gasteiger partial charge in [-0.1, -0.05) is 0 Å². The van der Waals surface area contributed by atoms with Crippen LogP contribution in [0, 0.1) is 0 Å². The standard InChI is InChI=1S/C10H15N3O3/c1-16-7-4-2-3-6(7)13-8(11)5-9(14)12-10(13)15/h5-7H,2-4,11H2,1H3,(H,12,14,15). The van der Waals surface area contributed by atoms with Crippen LogP contribution >= 0.6 is 0 Å². The van der Waals surface area contributed by atoms with Gasteiger partial charge in [-0.15, -0.1) is 0 Å². The highest BCUT2D eigenvalue weighted by molar-refractivity contribution is 5.27. The molecule has 16 heavy (non-hydrogen) atoms. The summed E-state index contributed by atoms with van der Waals surface area (Å²) in [6.45, 7) is 0. The van der Waals surface area contributed by atoms with Gasteiger partial charge < -0.3 is 10.5 Å². The number of nitrogens with two attached hydrogens (primary N) is 1. The van der Waals surface area contributed by atoms with E-state index in [-0.39, 0.29) is 18.0 Å². The smallest absolute Gasteiger partial charge is 0.330 e. The Labute approximate surface area is 92.0 Å². The van der Waals surface area contributed by atoms with Crippen LogP contribution in [0.2, 0.25) is 0 Å². The van der Waals surface area contributed by atoms with Crippen molar-refractivity contribution in [2.24, 2.45) is 0 Å². The Balaban J connectivity index is 2.48. The fourth-order valence-electron chi connectivity index (χ4n) is 2.34. The number of hydrogen-bond acceptors (Lipinski definition) is 4. The molecule has 1 aromatic heterocycles. The molecule has 1 aromatic rings. The van der Waals surface area contributed by atoms with E-state index in [1.165, 1.54) is 10.6 Å². The van der Waals surface area contributed by atoms with E-state index in [9.17, 15) is 9.59 Å². The largest absolute Gasteiger partial charge is 0.385 e. The molecule has 0 spiro atoms. The van der Waals surface area contributed by atoms with E-state index in [0.717, 1.165) is 19.3 Å². The minimum Gasteiger partial charge on any atom is -0.385 e. The van der Waals surface area contributed by atoms with Gasteiger partial charge in [0.2, 0.25) is 0 Å². The molecule has 3 N–H and O–H groups in total. The Kier molecular flexibility index (Phi) is 2.82. The topological polar surface area (TPSA) is 90.1 Å². The molecule has 1 heterocycles. The number of rotatable bonds is 2. The fourth-order valence-corrected chi connectivity index (χ4v) is 2.34. The first-order valence-electron chi connectivity index (χ1n) is 5.27. The van der Waals surface area contributed by atoms with Gasteiger partial charge in [-0.3, -0.25) is 14.3 Å². The summed E-state index contributed by atoms with van der Waals surface area (Å²) < 4.78 is 6.73. The quantitative estimate of drug-likeness (QED) is 0.733. The van der Waals surface area contributed by atoms with Gasteiger partial charge in [0.15, 0.2) is 0 Å². The van der Waals surface area contributed by atoms with Gasteiger partial charge in [-0.2, -0.15) is 0 Å². The van der Waals surface area contributed by atoms with E-state index in [4.69, 9.17) is 10.5 Å². The molecule has 0 amide bonds. The number of nitrogen functional groups attached to an aromatic ring is 1. The first-order chi connectivity index (χ1) is 7.63. The third-order valence-corrected chi connectivity index (χ3v) is 3.06. The lowest BCUT2D eigenvalue weighted by Crippen LogP contribution is -2.36. The van der Waals surface area contributed by atoms with Crippen molar-refractivity contribution in [2.45, 2.75) is 31.4 Å². The second-order valence-corrected chi connectivity index (χ2v) is 4.01. The Morgan fingerprint density at radius 1 is 1.50 bits per heavy atom. The zero-order valence-electron chi connectivity index (χ0n) is 9.10. The summed E-state index contributed by atoms with van der Waals surface area (Å²) in [6, 6.07) is 1.15. The molecule has 0 aliphatic heterocycles. The lowest BCUT2D eigenvalue weighted by molar-refractivity contribution is 0.0740. The second-order valence-electron chi connectivity index (χ2n) is 4.01. The van der Waals surface area contributed by atoms with Gasteiger partial charge in [-0.05, 0) is 19.3 Å². The van der Waals surface area contributed by atoms with Crippen LogP contribution < -0.4 is 17.0 Å². The molecule has 0 bridgehead atoms. The van der Waals surface area contributed by atoms with E-state index in [2.05, 4.69) is 4.98 Å². The summed E-state index contributed by atoms with van der Waals surface area (Å²) in [5, 5.41) is 0. The number of nitrogens with zero attached hydrogens (tertiary/aromatic N) is 1. The maximum Gasteiger partial charge on any atom is 0.330 e. The molecule has 1 saturated carbocycles. The van der Waals surface area contributed by atoms with Crippen molar-refractivity contribution in [3.05, 3.63) is 26.9 Å². The lowest BCUT2D eigenvalue weighted by atomic mass is 10.2. The van der Waals surface area contributed by atoms with Gasteiger partial charge in [0, 0.05) is 13.2 Å². The number of nitrogens with one attached hydrogen (secondary N) is 1. The maximum absolute atomic E-state index is 11.7. The van der Waals surface area contributed by atoms with E-state index in [1.807, 2.05) is 0 Å². The predicted octanol–water partition coefficient (Wildman–Crippen LogP) is -0.141. The van der Waals surface area contributed by atoms with Crippen LogP contribution in [-0.2, 0) is 4.74 Å². The number of anilines is 1. The molecule has 6 nitrogen and oxygen atoms in total.